The molecule has 6 nitrogen and oxygen atoms in total. The van der Waals surface area contributed by atoms with E-state index in [9.17, 15) is 13.2 Å². The van der Waals surface area contributed by atoms with Gasteiger partial charge in [0.05, 0.1) is 6.61 Å². The molecule has 10 heteroatoms. The lowest BCUT2D eigenvalue weighted by atomic mass is 9.92. The van der Waals surface area contributed by atoms with Crippen molar-refractivity contribution in [1.82, 2.24) is 15.3 Å². The predicted octanol–water partition coefficient (Wildman–Crippen LogP) is 2.91. The lowest BCUT2D eigenvalue weighted by Crippen LogP contribution is -2.39. The van der Waals surface area contributed by atoms with Gasteiger partial charge in [0.15, 0.2) is 10.8 Å². The van der Waals surface area contributed by atoms with E-state index in [1.54, 1.807) is 7.11 Å². The monoisotopic (exact) mass is 391 g/mol. The molecule has 0 saturated carbocycles. The number of alkyl halides is 3. The molecular formula is C16H24F3N5OS. The highest BCUT2D eigenvalue weighted by molar-refractivity contribution is 7.80. The van der Waals surface area contributed by atoms with Gasteiger partial charge in [-0.25, -0.2) is 4.98 Å². The smallest absolute Gasteiger partial charge is 0.383 e. The average molecular weight is 391 g/mol. The lowest BCUT2D eigenvalue weighted by Gasteiger charge is -2.36. The van der Waals surface area contributed by atoms with Gasteiger partial charge in [-0.1, -0.05) is 13.8 Å². The van der Waals surface area contributed by atoms with Gasteiger partial charge < -0.3 is 20.3 Å². The number of halogens is 3. The van der Waals surface area contributed by atoms with Crippen molar-refractivity contribution in [3.8, 4) is 0 Å². The molecule has 146 valence electrons. The Morgan fingerprint density at radius 1 is 1.31 bits per heavy atom. The maximum absolute atomic E-state index is 13.3. The predicted molar refractivity (Wildman–Crippen MR) is 98.3 cm³/mol. The Bertz CT molecular complexity index is 618. The normalized spacial score (nSPS) is 20.8. The second kappa shape index (κ2) is 8.81. The standard InChI is InChI=1S/C16H24F3N5OS/c1-10-6-11(2)9-24(8-10)13-7-12(16(17,18)19)21-14(22-13)23-15(26)20-4-5-25-3/h7,10-11H,4-6,8-9H2,1-3H3,(H2,20,21,22,23,26)/t10-,11-/m0/s1. The average Bonchev–Trinajstić information content (AvgIpc) is 2.53. The Hall–Kier alpha value is -1.68. The number of aromatic nitrogens is 2. The molecule has 0 aromatic carbocycles. The van der Waals surface area contributed by atoms with Crippen LogP contribution in [0.4, 0.5) is 24.9 Å². The van der Waals surface area contributed by atoms with E-state index in [-0.39, 0.29) is 16.9 Å². The summed E-state index contributed by atoms with van der Waals surface area (Å²) in [5.74, 6) is 0.857. The van der Waals surface area contributed by atoms with Gasteiger partial charge in [0.25, 0.3) is 0 Å². The molecule has 2 atom stereocenters. The largest absolute Gasteiger partial charge is 0.433 e. The van der Waals surface area contributed by atoms with E-state index in [1.807, 2.05) is 4.90 Å². The number of nitrogens with one attached hydrogen (secondary N) is 2. The van der Waals surface area contributed by atoms with E-state index >= 15 is 0 Å². The van der Waals surface area contributed by atoms with Crippen LogP contribution in [-0.4, -0.2) is 48.4 Å². The number of anilines is 2. The van der Waals surface area contributed by atoms with E-state index < -0.39 is 11.9 Å². The van der Waals surface area contributed by atoms with Crippen molar-refractivity contribution < 1.29 is 17.9 Å². The van der Waals surface area contributed by atoms with E-state index in [1.165, 1.54) is 0 Å². The second-order valence-corrected chi connectivity index (χ2v) is 7.07. The van der Waals surface area contributed by atoms with Crippen LogP contribution in [0.3, 0.4) is 0 Å². The van der Waals surface area contributed by atoms with Gasteiger partial charge in [0.2, 0.25) is 5.95 Å². The molecule has 2 heterocycles. The van der Waals surface area contributed by atoms with Crippen molar-refractivity contribution in [2.24, 2.45) is 11.8 Å². The number of rotatable bonds is 5. The molecule has 0 radical (unpaired) electrons. The van der Waals surface area contributed by atoms with Gasteiger partial charge in [-0.2, -0.15) is 18.2 Å². The fourth-order valence-electron chi connectivity index (χ4n) is 3.06. The fourth-order valence-corrected chi connectivity index (χ4v) is 3.25. The molecule has 1 aliphatic heterocycles. The molecule has 2 N–H and O–H groups in total. The molecule has 1 saturated heterocycles. The van der Waals surface area contributed by atoms with E-state index in [0.29, 0.717) is 38.1 Å². The van der Waals surface area contributed by atoms with Gasteiger partial charge in [-0.15, -0.1) is 0 Å². The number of ether oxygens (including phenoxy) is 1. The van der Waals surface area contributed by atoms with Crippen molar-refractivity contribution >= 4 is 29.1 Å². The summed E-state index contributed by atoms with van der Waals surface area (Å²) in [4.78, 5) is 9.70. The molecule has 26 heavy (non-hydrogen) atoms. The van der Waals surface area contributed by atoms with Crippen LogP contribution >= 0.6 is 12.2 Å². The third kappa shape index (κ3) is 5.94. The first-order chi connectivity index (χ1) is 12.2. The summed E-state index contributed by atoms with van der Waals surface area (Å²) >= 11 is 5.07. The zero-order valence-corrected chi connectivity index (χ0v) is 15.9. The van der Waals surface area contributed by atoms with Gasteiger partial charge in [-0.05, 0) is 30.5 Å². The van der Waals surface area contributed by atoms with Crippen molar-refractivity contribution in [2.75, 3.05) is 43.6 Å². The Morgan fingerprint density at radius 3 is 2.54 bits per heavy atom. The van der Waals surface area contributed by atoms with Gasteiger partial charge in [-0.3, -0.25) is 0 Å². The van der Waals surface area contributed by atoms with Gasteiger partial charge >= 0.3 is 6.18 Å². The van der Waals surface area contributed by atoms with Crippen LogP contribution in [0, 0.1) is 11.8 Å². The number of hydrogen-bond acceptors (Lipinski definition) is 5. The molecule has 0 bridgehead atoms. The van der Waals surface area contributed by atoms with Crippen LogP contribution in [-0.2, 0) is 10.9 Å². The zero-order chi connectivity index (χ0) is 19.3. The summed E-state index contributed by atoms with van der Waals surface area (Å²) in [5.41, 5.74) is -0.990. The fraction of sp³-hybridized carbons (Fsp3) is 0.688. The third-order valence-electron chi connectivity index (χ3n) is 4.01. The summed E-state index contributed by atoms with van der Waals surface area (Å²) < 4.78 is 44.6. The molecular weight excluding hydrogens is 367 g/mol. The molecule has 0 amide bonds. The quantitative estimate of drug-likeness (QED) is 0.591. The van der Waals surface area contributed by atoms with Crippen molar-refractivity contribution in [1.29, 1.82) is 0 Å². The number of hydrogen-bond donors (Lipinski definition) is 2. The minimum Gasteiger partial charge on any atom is -0.383 e. The summed E-state index contributed by atoms with van der Waals surface area (Å²) in [6, 6.07) is 0.997. The summed E-state index contributed by atoms with van der Waals surface area (Å²) in [5, 5.41) is 5.60. The molecule has 0 aliphatic carbocycles. The Kier molecular flexibility index (Phi) is 6.99. The highest BCUT2D eigenvalue weighted by atomic mass is 32.1. The molecule has 0 spiro atoms. The summed E-state index contributed by atoms with van der Waals surface area (Å²) in [6.45, 7) is 6.34. The highest BCUT2D eigenvalue weighted by Crippen LogP contribution is 2.32. The molecule has 0 unspecified atom stereocenters. The topological polar surface area (TPSA) is 62.3 Å². The molecule has 2 rings (SSSR count). The number of piperidine rings is 1. The zero-order valence-electron chi connectivity index (χ0n) is 15.1. The Morgan fingerprint density at radius 2 is 1.96 bits per heavy atom. The minimum atomic E-state index is -4.56. The van der Waals surface area contributed by atoms with Crippen molar-refractivity contribution in [3.63, 3.8) is 0 Å². The second-order valence-electron chi connectivity index (χ2n) is 6.66. The minimum absolute atomic E-state index is 0.146. The first kappa shape index (κ1) is 20.6. The maximum Gasteiger partial charge on any atom is 0.433 e. The SMILES string of the molecule is COCCNC(=S)Nc1nc(N2C[C@@H](C)C[C@H](C)C2)cc(C(F)(F)F)n1. The Balaban J connectivity index is 2.23. The molecule has 1 aromatic rings. The maximum atomic E-state index is 13.3. The van der Waals surface area contributed by atoms with Crippen LogP contribution in [0.15, 0.2) is 6.07 Å². The van der Waals surface area contributed by atoms with Gasteiger partial charge in [0, 0.05) is 32.8 Å². The van der Waals surface area contributed by atoms with E-state index in [2.05, 4.69) is 34.4 Å². The summed E-state index contributed by atoms with van der Waals surface area (Å²) in [7, 11) is 1.54. The van der Waals surface area contributed by atoms with Crippen LogP contribution in [0.5, 0.6) is 0 Å². The highest BCUT2D eigenvalue weighted by Gasteiger charge is 2.35. The molecule has 1 aromatic heterocycles. The first-order valence-corrected chi connectivity index (χ1v) is 8.85. The Labute approximate surface area is 156 Å². The van der Waals surface area contributed by atoms with Crippen molar-refractivity contribution in [3.05, 3.63) is 11.8 Å². The first-order valence-electron chi connectivity index (χ1n) is 8.44. The number of methoxy groups -OCH3 is 1. The molecule has 1 aliphatic rings. The van der Waals surface area contributed by atoms with Crippen LogP contribution in [0.2, 0.25) is 0 Å². The van der Waals surface area contributed by atoms with Gasteiger partial charge in [0.1, 0.15) is 5.82 Å². The van der Waals surface area contributed by atoms with E-state index in [0.717, 1.165) is 12.5 Å². The third-order valence-corrected chi connectivity index (χ3v) is 4.26. The van der Waals surface area contributed by atoms with Crippen molar-refractivity contribution in [2.45, 2.75) is 26.4 Å². The number of thiocarbonyl (C=S) groups is 1. The lowest BCUT2D eigenvalue weighted by molar-refractivity contribution is -0.141. The summed E-state index contributed by atoms with van der Waals surface area (Å²) in [6.07, 6.45) is -3.52. The van der Waals surface area contributed by atoms with Crippen LogP contribution in [0.1, 0.15) is 26.0 Å². The van der Waals surface area contributed by atoms with Crippen LogP contribution < -0.4 is 15.5 Å². The molecule has 1 fully saturated rings. The van der Waals surface area contributed by atoms with Crippen LogP contribution in [0.25, 0.3) is 0 Å². The number of nitrogens with zero attached hydrogens (tertiary/aromatic N) is 3. The van der Waals surface area contributed by atoms with E-state index in [4.69, 9.17) is 17.0 Å².